The van der Waals surface area contributed by atoms with E-state index in [1.54, 1.807) is 13.0 Å². The highest BCUT2D eigenvalue weighted by atomic mass is 19.4. The summed E-state index contributed by atoms with van der Waals surface area (Å²) < 4.78 is 37.5. The van der Waals surface area contributed by atoms with Crippen molar-refractivity contribution in [1.82, 2.24) is 5.43 Å². The lowest BCUT2D eigenvalue weighted by atomic mass is 10.0. The van der Waals surface area contributed by atoms with Gasteiger partial charge in [-0.15, -0.1) is 11.8 Å². The Morgan fingerprint density at radius 1 is 1.41 bits per heavy atom. The van der Waals surface area contributed by atoms with Crippen molar-refractivity contribution in [3.63, 3.8) is 0 Å². The molecule has 0 radical (unpaired) electrons. The number of hydrogen-bond acceptors (Lipinski definition) is 2. The van der Waals surface area contributed by atoms with Gasteiger partial charge < -0.3 is 0 Å². The van der Waals surface area contributed by atoms with Crippen molar-refractivity contribution in [3.05, 3.63) is 35.4 Å². The number of hydrazine groups is 1. The molecule has 1 unspecified atom stereocenters. The maximum atomic E-state index is 12.5. The second-order valence-electron chi connectivity index (χ2n) is 3.47. The third-order valence-corrected chi connectivity index (χ3v) is 2.30. The van der Waals surface area contributed by atoms with E-state index in [1.807, 2.05) is 0 Å². The molecule has 0 aliphatic heterocycles. The Bertz CT molecular complexity index is 429. The van der Waals surface area contributed by atoms with E-state index in [2.05, 4.69) is 17.3 Å². The number of halogens is 3. The van der Waals surface area contributed by atoms with Crippen LogP contribution in [0.4, 0.5) is 13.2 Å². The molecule has 1 atom stereocenters. The lowest BCUT2D eigenvalue weighted by Gasteiger charge is -2.15. The lowest BCUT2D eigenvalue weighted by molar-refractivity contribution is -0.137. The monoisotopic (exact) mass is 242 g/mol. The van der Waals surface area contributed by atoms with Gasteiger partial charge in [0.25, 0.3) is 0 Å². The van der Waals surface area contributed by atoms with Gasteiger partial charge in [0.1, 0.15) is 0 Å². The number of nitrogens with two attached hydrogens (primary N) is 1. The van der Waals surface area contributed by atoms with Crippen LogP contribution in [0.2, 0.25) is 0 Å². The first-order chi connectivity index (χ1) is 7.99. The molecule has 0 fully saturated rings. The maximum Gasteiger partial charge on any atom is 0.416 e. The van der Waals surface area contributed by atoms with Crippen molar-refractivity contribution in [2.24, 2.45) is 5.84 Å². The summed E-state index contributed by atoms with van der Waals surface area (Å²) in [7, 11) is 0. The molecular formula is C12H13F3N2. The Balaban J connectivity index is 2.99. The highest BCUT2D eigenvalue weighted by Gasteiger charge is 2.30. The van der Waals surface area contributed by atoms with E-state index < -0.39 is 17.8 Å². The maximum absolute atomic E-state index is 12.5. The molecule has 0 saturated heterocycles. The van der Waals surface area contributed by atoms with Crippen molar-refractivity contribution in [2.45, 2.75) is 25.6 Å². The Morgan fingerprint density at radius 3 is 2.65 bits per heavy atom. The summed E-state index contributed by atoms with van der Waals surface area (Å²) in [5.41, 5.74) is 2.26. The van der Waals surface area contributed by atoms with Crippen LogP contribution < -0.4 is 11.3 Å². The van der Waals surface area contributed by atoms with Gasteiger partial charge in [0.2, 0.25) is 0 Å². The first kappa shape index (κ1) is 13.6. The molecule has 92 valence electrons. The third kappa shape index (κ3) is 3.77. The summed E-state index contributed by atoms with van der Waals surface area (Å²) in [6, 6.07) is 4.67. The van der Waals surface area contributed by atoms with Crippen LogP contribution in [0.25, 0.3) is 0 Å². The van der Waals surface area contributed by atoms with Gasteiger partial charge in [-0.2, -0.15) is 13.2 Å². The number of hydrogen-bond donors (Lipinski definition) is 2. The van der Waals surface area contributed by atoms with Crippen LogP contribution in [0.1, 0.15) is 30.5 Å². The van der Waals surface area contributed by atoms with Crippen LogP contribution in [-0.2, 0) is 6.18 Å². The molecule has 5 heteroatoms. The molecule has 17 heavy (non-hydrogen) atoms. The first-order valence-electron chi connectivity index (χ1n) is 5.02. The normalized spacial score (nSPS) is 12.8. The summed E-state index contributed by atoms with van der Waals surface area (Å²) in [5.74, 6) is 10.8. The smallest absolute Gasteiger partial charge is 0.271 e. The zero-order chi connectivity index (χ0) is 12.9. The highest BCUT2D eigenvalue weighted by molar-refractivity contribution is 5.28. The predicted molar refractivity (Wildman–Crippen MR) is 59.6 cm³/mol. The molecule has 0 amide bonds. The summed E-state index contributed by atoms with van der Waals surface area (Å²) in [6.07, 6.45) is -3.97. The molecule has 1 aromatic rings. The molecule has 0 saturated carbocycles. The van der Waals surface area contributed by atoms with Crippen molar-refractivity contribution < 1.29 is 13.2 Å². The third-order valence-electron chi connectivity index (χ3n) is 2.30. The summed E-state index contributed by atoms with van der Waals surface area (Å²) in [5, 5.41) is 0. The van der Waals surface area contributed by atoms with E-state index in [4.69, 9.17) is 5.84 Å². The van der Waals surface area contributed by atoms with Gasteiger partial charge in [0.05, 0.1) is 11.6 Å². The van der Waals surface area contributed by atoms with Gasteiger partial charge >= 0.3 is 6.18 Å². The van der Waals surface area contributed by atoms with Crippen molar-refractivity contribution >= 4 is 0 Å². The van der Waals surface area contributed by atoms with E-state index in [-0.39, 0.29) is 0 Å². The van der Waals surface area contributed by atoms with E-state index in [1.165, 1.54) is 6.07 Å². The van der Waals surface area contributed by atoms with Crippen LogP contribution >= 0.6 is 0 Å². The fourth-order valence-corrected chi connectivity index (χ4v) is 1.41. The van der Waals surface area contributed by atoms with Crippen LogP contribution in [0.5, 0.6) is 0 Å². The van der Waals surface area contributed by atoms with Gasteiger partial charge in [-0.25, -0.2) is 0 Å². The van der Waals surface area contributed by atoms with E-state index in [9.17, 15) is 13.2 Å². The zero-order valence-electron chi connectivity index (χ0n) is 9.31. The predicted octanol–water partition coefficient (Wildman–Crippen LogP) is 2.62. The standard InChI is InChI=1S/C12H13F3N2/c1-2-3-7-11(17-16)9-5-4-6-10(8-9)12(13,14)15/h4-6,8,11,17H,7,16H2,1H3. The van der Waals surface area contributed by atoms with Gasteiger partial charge in [0.15, 0.2) is 0 Å². The quantitative estimate of drug-likeness (QED) is 0.486. The number of alkyl halides is 3. The molecule has 0 aromatic heterocycles. The van der Waals surface area contributed by atoms with Crippen molar-refractivity contribution in [3.8, 4) is 11.8 Å². The molecule has 1 rings (SSSR count). The molecule has 0 heterocycles. The molecule has 0 bridgehead atoms. The number of nitrogens with one attached hydrogen (secondary N) is 1. The summed E-state index contributed by atoms with van der Waals surface area (Å²) in [6.45, 7) is 1.67. The molecule has 0 spiro atoms. The molecule has 0 aliphatic rings. The summed E-state index contributed by atoms with van der Waals surface area (Å²) >= 11 is 0. The molecule has 1 aromatic carbocycles. The van der Waals surface area contributed by atoms with Crippen molar-refractivity contribution in [1.29, 1.82) is 0 Å². The molecular weight excluding hydrogens is 229 g/mol. The Hall–Kier alpha value is -1.51. The van der Waals surface area contributed by atoms with Crippen molar-refractivity contribution in [2.75, 3.05) is 0 Å². The Morgan fingerprint density at radius 2 is 2.12 bits per heavy atom. The van der Waals surface area contributed by atoms with Crippen LogP contribution in [0.3, 0.4) is 0 Å². The Kier molecular flexibility index (Phi) is 4.55. The average molecular weight is 242 g/mol. The fraction of sp³-hybridized carbons (Fsp3) is 0.333. The van der Waals surface area contributed by atoms with E-state index in [0.717, 1.165) is 12.1 Å². The topological polar surface area (TPSA) is 38.0 Å². The number of rotatable bonds is 3. The fourth-order valence-electron chi connectivity index (χ4n) is 1.41. The molecule has 0 aliphatic carbocycles. The number of benzene rings is 1. The molecule has 3 N–H and O–H groups in total. The second-order valence-corrected chi connectivity index (χ2v) is 3.47. The SMILES string of the molecule is CC#CCC(NN)c1cccc(C(F)(F)F)c1. The minimum Gasteiger partial charge on any atom is -0.271 e. The van der Waals surface area contributed by atoms with E-state index in [0.29, 0.717) is 12.0 Å². The minimum atomic E-state index is -4.34. The lowest BCUT2D eigenvalue weighted by Crippen LogP contribution is -2.28. The average Bonchev–Trinajstić information content (AvgIpc) is 2.29. The van der Waals surface area contributed by atoms with Gasteiger partial charge in [-0.1, -0.05) is 12.1 Å². The first-order valence-corrected chi connectivity index (χ1v) is 5.02. The van der Waals surface area contributed by atoms with E-state index >= 15 is 0 Å². The minimum absolute atomic E-state index is 0.369. The van der Waals surface area contributed by atoms with Gasteiger partial charge in [-0.3, -0.25) is 11.3 Å². The largest absolute Gasteiger partial charge is 0.416 e. The highest BCUT2D eigenvalue weighted by Crippen LogP contribution is 2.31. The van der Waals surface area contributed by atoms with Crippen LogP contribution in [-0.4, -0.2) is 0 Å². The van der Waals surface area contributed by atoms with Crippen LogP contribution in [0, 0.1) is 11.8 Å². The van der Waals surface area contributed by atoms with Gasteiger partial charge in [0, 0.05) is 6.42 Å². The molecule has 2 nitrogen and oxygen atoms in total. The second kappa shape index (κ2) is 5.71. The Labute approximate surface area is 98.0 Å². The van der Waals surface area contributed by atoms with Gasteiger partial charge in [-0.05, 0) is 24.6 Å². The van der Waals surface area contributed by atoms with Crippen LogP contribution in [0.15, 0.2) is 24.3 Å². The summed E-state index contributed by atoms with van der Waals surface area (Å²) in [4.78, 5) is 0. The zero-order valence-corrected chi connectivity index (χ0v) is 9.31.